The lowest BCUT2D eigenvalue weighted by atomic mass is 9.76. The molecule has 2 aliphatic rings. The van der Waals surface area contributed by atoms with Crippen molar-refractivity contribution in [3.05, 3.63) is 65.7 Å². The van der Waals surface area contributed by atoms with E-state index in [9.17, 15) is 14.4 Å². The predicted molar refractivity (Wildman–Crippen MR) is 119 cm³/mol. The molecule has 0 bridgehead atoms. The van der Waals surface area contributed by atoms with Gasteiger partial charge in [0.2, 0.25) is 11.8 Å². The topological polar surface area (TPSA) is 75.3 Å². The molecule has 0 radical (unpaired) electrons. The van der Waals surface area contributed by atoms with E-state index in [4.69, 9.17) is 0 Å². The molecule has 2 aromatic rings. The van der Waals surface area contributed by atoms with Gasteiger partial charge in [0.25, 0.3) is 5.24 Å². The van der Waals surface area contributed by atoms with E-state index in [-0.39, 0.29) is 28.2 Å². The summed E-state index contributed by atoms with van der Waals surface area (Å²) in [5.41, 5.74) is 2.79. The van der Waals surface area contributed by atoms with Gasteiger partial charge in [-0.3, -0.25) is 19.7 Å². The molecule has 6 heteroatoms. The van der Waals surface area contributed by atoms with Gasteiger partial charge in [0.15, 0.2) is 0 Å². The fourth-order valence-electron chi connectivity index (χ4n) is 4.45. The van der Waals surface area contributed by atoms with Crippen molar-refractivity contribution < 1.29 is 14.4 Å². The Bertz CT molecular complexity index is 908. The summed E-state index contributed by atoms with van der Waals surface area (Å²) in [6, 6.07) is 17.6. The van der Waals surface area contributed by atoms with Gasteiger partial charge in [-0.05, 0) is 48.4 Å². The van der Waals surface area contributed by atoms with E-state index in [0.717, 1.165) is 41.4 Å². The highest BCUT2D eigenvalue weighted by Crippen LogP contribution is 2.37. The Labute approximate surface area is 181 Å². The Morgan fingerprint density at radius 3 is 2.33 bits per heavy atom. The Kier molecular flexibility index (Phi) is 6.53. The molecule has 1 aliphatic heterocycles. The summed E-state index contributed by atoms with van der Waals surface area (Å²) in [6.45, 7) is 0. The molecule has 4 rings (SSSR count). The standard InChI is InChI=1S/C24H26N2O3S/c27-22-20(30-24(29)26-22)15-16-11-13-19(14-12-16)25-23(28)21(17-7-3-1-4-8-17)18-9-5-2-6-10-18/h1,3-4,7-8,11-14,18,20-21H,2,5-6,9-10,15H2,(H,25,28)(H,26,27,29). The summed E-state index contributed by atoms with van der Waals surface area (Å²) < 4.78 is 0. The van der Waals surface area contributed by atoms with Gasteiger partial charge < -0.3 is 5.32 Å². The highest BCUT2D eigenvalue weighted by atomic mass is 32.2. The molecule has 1 aliphatic carbocycles. The van der Waals surface area contributed by atoms with Crippen molar-refractivity contribution >= 4 is 34.5 Å². The van der Waals surface area contributed by atoms with Crippen molar-refractivity contribution in [1.29, 1.82) is 0 Å². The van der Waals surface area contributed by atoms with Crippen LogP contribution >= 0.6 is 11.8 Å². The number of amides is 3. The maximum Gasteiger partial charge on any atom is 0.286 e. The van der Waals surface area contributed by atoms with Crippen LogP contribution in [0.5, 0.6) is 0 Å². The van der Waals surface area contributed by atoms with Crippen LogP contribution in [0.2, 0.25) is 0 Å². The van der Waals surface area contributed by atoms with E-state index in [1.807, 2.05) is 54.6 Å². The second kappa shape index (κ2) is 9.47. The fourth-order valence-corrected chi connectivity index (χ4v) is 5.31. The van der Waals surface area contributed by atoms with Crippen molar-refractivity contribution in [3.63, 3.8) is 0 Å². The monoisotopic (exact) mass is 422 g/mol. The summed E-state index contributed by atoms with van der Waals surface area (Å²) in [6.07, 6.45) is 6.29. The van der Waals surface area contributed by atoms with Crippen molar-refractivity contribution in [1.82, 2.24) is 5.32 Å². The Morgan fingerprint density at radius 2 is 1.70 bits per heavy atom. The Morgan fingerprint density at radius 1 is 1.00 bits per heavy atom. The molecule has 2 unspecified atom stereocenters. The zero-order valence-corrected chi connectivity index (χ0v) is 17.6. The largest absolute Gasteiger partial charge is 0.326 e. The summed E-state index contributed by atoms with van der Waals surface area (Å²) >= 11 is 1.03. The van der Waals surface area contributed by atoms with E-state index in [2.05, 4.69) is 10.6 Å². The average Bonchev–Trinajstić information content (AvgIpc) is 3.08. The number of rotatable bonds is 6. The fraction of sp³-hybridized carbons (Fsp3) is 0.375. The van der Waals surface area contributed by atoms with E-state index < -0.39 is 0 Å². The summed E-state index contributed by atoms with van der Waals surface area (Å²) in [5, 5.41) is 4.74. The normalized spacial score (nSPS) is 20.6. The lowest BCUT2D eigenvalue weighted by molar-refractivity contribution is -0.119. The molecular weight excluding hydrogens is 396 g/mol. The second-order valence-corrected chi connectivity index (χ2v) is 9.24. The highest BCUT2D eigenvalue weighted by Gasteiger charge is 2.32. The van der Waals surface area contributed by atoms with Gasteiger partial charge >= 0.3 is 0 Å². The number of anilines is 1. The number of carbonyl (C=O) groups excluding carboxylic acids is 3. The van der Waals surface area contributed by atoms with E-state index in [1.54, 1.807) is 0 Å². The number of carbonyl (C=O) groups is 3. The van der Waals surface area contributed by atoms with Crippen LogP contribution in [0.1, 0.15) is 49.1 Å². The number of hydrogen-bond donors (Lipinski definition) is 2. The molecule has 1 saturated heterocycles. The maximum absolute atomic E-state index is 13.3. The number of hydrogen-bond acceptors (Lipinski definition) is 4. The number of nitrogens with one attached hydrogen (secondary N) is 2. The first kappa shape index (κ1) is 20.7. The summed E-state index contributed by atoms with van der Waals surface area (Å²) in [5.74, 6) is 0.0318. The molecule has 1 saturated carbocycles. The van der Waals surface area contributed by atoms with Crippen LogP contribution in [0.3, 0.4) is 0 Å². The van der Waals surface area contributed by atoms with Gasteiger partial charge in [-0.2, -0.15) is 0 Å². The summed E-state index contributed by atoms with van der Waals surface area (Å²) in [4.78, 5) is 36.3. The molecule has 156 valence electrons. The smallest absolute Gasteiger partial charge is 0.286 e. The molecule has 2 aromatic carbocycles. The zero-order valence-electron chi connectivity index (χ0n) is 16.8. The molecule has 30 heavy (non-hydrogen) atoms. The Balaban J connectivity index is 1.44. The molecule has 2 fully saturated rings. The SMILES string of the molecule is O=C1NC(=O)C(Cc2ccc(NC(=O)C(c3ccccc3)C3CCCCC3)cc2)S1. The second-order valence-electron chi connectivity index (χ2n) is 8.06. The first-order valence-electron chi connectivity index (χ1n) is 10.6. The van der Waals surface area contributed by atoms with Gasteiger partial charge in [0.1, 0.15) is 0 Å². The molecule has 5 nitrogen and oxygen atoms in total. The minimum atomic E-state index is -0.383. The molecular formula is C24H26N2O3S. The molecule has 0 spiro atoms. The maximum atomic E-state index is 13.3. The third-order valence-electron chi connectivity index (χ3n) is 5.97. The van der Waals surface area contributed by atoms with Gasteiger partial charge in [0, 0.05) is 5.69 Å². The van der Waals surface area contributed by atoms with Gasteiger partial charge in [-0.1, -0.05) is 73.5 Å². The van der Waals surface area contributed by atoms with E-state index in [1.165, 1.54) is 19.3 Å². The van der Waals surface area contributed by atoms with Crippen LogP contribution in [-0.4, -0.2) is 22.3 Å². The van der Waals surface area contributed by atoms with Crippen LogP contribution in [0.25, 0.3) is 0 Å². The Hall–Kier alpha value is -2.60. The van der Waals surface area contributed by atoms with Crippen LogP contribution in [0, 0.1) is 5.92 Å². The number of benzene rings is 2. The molecule has 0 aromatic heterocycles. The van der Waals surface area contributed by atoms with Gasteiger partial charge in [-0.15, -0.1) is 0 Å². The number of thioether (sulfide) groups is 1. The lowest BCUT2D eigenvalue weighted by Gasteiger charge is -2.30. The van der Waals surface area contributed by atoms with Crippen molar-refractivity contribution in [2.24, 2.45) is 5.92 Å². The summed E-state index contributed by atoms with van der Waals surface area (Å²) in [7, 11) is 0. The number of imide groups is 1. The van der Waals surface area contributed by atoms with Crippen LogP contribution in [0.4, 0.5) is 10.5 Å². The van der Waals surface area contributed by atoms with Crippen LogP contribution in [0.15, 0.2) is 54.6 Å². The van der Waals surface area contributed by atoms with Crippen molar-refractivity contribution in [2.45, 2.75) is 49.7 Å². The van der Waals surface area contributed by atoms with Crippen LogP contribution in [-0.2, 0) is 16.0 Å². The predicted octanol–water partition coefficient (Wildman–Crippen LogP) is 4.88. The van der Waals surface area contributed by atoms with Gasteiger partial charge in [-0.25, -0.2) is 0 Å². The van der Waals surface area contributed by atoms with Gasteiger partial charge in [0.05, 0.1) is 11.2 Å². The van der Waals surface area contributed by atoms with Crippen molar-refractivity contribution in [3.8, 4) is 0 Å². The first-order valence-corrected chi connectivity index (χ1v) is 11.4. The zero-order chi connectivity index (χ0) is 20.9. The third-order valence-corrected chi connectivity index (χ3v) is 6.95. The average molecular weight is 423 g/mol. The van der Waals surface area contributed by atoms with Crippen LogP contribution < -0.4 is 10.6 Å². The molecule has 3 amide bonds. The minimum Gasteiger partial charge on any atom is -0.326 e. The van der Waals surface area contributed by atoms with E-state index in [0.29, 0.717) is 12.3 Å². The van der Waals surface area contributed by atoms with E-state index >= 15 is 0 Å². The quantitative estimate of drug-likeness (QED) is 0.695. The van der Waals surface area contributed by atoms with Crippen molar-refractivity contribution in [2.75, 3.05) is 5.32 Å². The molecule has 1 heterocycles. The third kappa shape index (κ3) is 4.93. The lowest BCUT2D eigenvalue weighted by Crippen LogP contribution is -2.29. The first-order chi connectivity index (χ1) is 14.6. The minimum absolute atomic E-state index is 0.0390. The molecule has 2 N–H and O–H groups in total. The molecule has 2 atom stereocenters. The highest BCUT2D eigenvalue weighted by molar-refractivity contribution is 8.15.